The molecule has 1 aromatic carbocycles. The minimum Gasteiger partial charge on any atom is -0.339 e. The van der Waals surface area contributed by atoms with Crippen LogP contribution < -0.4 is 5.32 Å². The van der Waals surface area contributed by atoms with Crippen LogP contribution in [0.5, 0.6) is 0 Å². The van der Waals surface area contributed by atoms with Crippen LogP contribution in [0.3, 0.4) is 0 Å². The Morgan fingerprint density at radius 1 is 1.08 bits per heavy atom. The Bertz CT molecular complexity index is 1120. The number of carbonyl (C=O) groups excluding carboxylic acids is 1. The van der Waals surface area contributed by atoms with Crippen molar-refractivity contribution in [2.45, 2.75) is 81.6 Å². The molecular weight excluding hydrogens is 473 g/mol. The summed E-state index contributed by atoms with van der Waals surface area (Å²) in [6.45, 7) is 2.25. The van der Waals surface area contributed by atoms with Gasteiger partial charge in [0.1, 0.15) is 11.0 Å². The Hall–Kier alpha value is -1.98. The number of likely N-dealkylation sites (tertiary alicyclic amines) is 1. The van der Waals surface area contributed by atoms with E-state index in [1.54, 1.807) is 12.1 Å². The molecule has 192 valence electrons. The monoisotopic (exact) mass is 509 g/mol. The van der Waals surface area contributed by atoms with Crippen molar-refractivity contribution in [3.8, 4) is 0 Å². The molecule has 1 amide bonds. The maximum atomic E-state index is 14.7. The number of halogens is 2. The molecule has 4 atom stereocenters. The molecule has 0 bridgehead atoms. The molecule has 6 rings (SSSR count). The van der Waals surface area contributed by atoms with Gasteiger partial charge in [0.25, 0.3) is 0 Å². The minimum atomic E-state index is -0.207. The molecule has 2 saturated heterocycles. The summed E-state index contributed by atoms with van der Waals surface area (Å²) in [5.41, 5.74) is 2.91. The number of hydrogen-bond donors (Lipinski definition) is 1. The third-order valence-corrected chi connectivity index (χ3v) is 9.94. The Morgan fingerprint density at radius 2 is 1.92 bits per heavy atom. The van der Waals surface area contributed by atoms with Crippen LogP contribution >= 0.6 is 11.6 Å². The lowest BCUT2D eigenvalue weighted by atomic mass is 9.64. The number of nitrogens with one attached hydrogen (secondary N) is 1. The van der Waals surface area contributed by atoms with Gasteiger partial charge in [-0.2, -0.15) is 0 Å². The average molecular weight is 510 g/mol. The van der Waals surface area contributed by atoms with Gasteiger partial charge in [0.2, 0.25) is 5.91 Å². The summed E-state index contributed by atoms with van der Waals surface area (Å²) < 4.78 is 14.7. The first-order valence-electron chi connectivity index (χ1n) is 14.0. The first-order chi connectivity index (χ1) is 17.6. The van der Waals surface area contributed by atoms with Crippen molar-refractivity contribution in [1.29, 1.82) is 0 Å². The number of hydrogen-bond acceptors (Lipinski definition) is 3. The normalized spacial score (nSPS) is 30.9. The maximum Gasteiger partial charge on any atom is 0.228 e. The zero-order chi connectivity index (χ0) is 24.7. The van der Waals surface area contributed by atoms with Crippen molar-refractivity contribution in [1.82, 2.24) is 15.2 Å². The summed E-state index contributed by atoms with van der Waals surface area (Å²) in [6, 6.07) is 11.4. The molecule has 3 fully saturated rings. The van der Waals surface area contributed by atoms with E-state index in [9.17, 15) is 9.18 Å². The van der Waals surface area contributed by atoms with E-state index in [1.165, 1.54) is 37.7 Å². The highest BCUT2D eigenvalue weighted by Crippen LogP contribution is 2.47. The van der Waals surface area contributed by atoms with Gasteiger partial charge < -0.3 is 10.2 Å². The smallest absolute Gasteiger partial charge is 0.228 e. The van der Waals surface area contributed by atoms with Crippen LogP contribution in [0.2, 0.25) is 5.15 Å². The molecule has 4 aliphatic rings. The van der Waals surface area contributed by atoms with E-state index in [4.69, 9.17) is 11.6 Å². The first kappa shape index (κ1) is 24.4. The molecule has 2 aliphatic heterocycles. The SMILES string of the molecule is O=C(C1CNCC12CCCc1nc(Cl)ccc12)N1CCC(c2ccccc2F)CC1C1CCCCC1. The maximum absolute atomic E-state index is 14.7. The van der Waals surface area contributed by atoms with Gasteiger partial charge in [-0.05, 0) is 80.0 Å². The fourth-order valence-electron chi connectivity index (χ4n) is 7.98. The van der Waals surface area contributed by atoms with Crippen molar-refractivity contribution in [2.75, 3.05) is 19.6 Å². The number of aryl methyl sites for hydroxylation is 1. The van der Waals surface area contributed by atoms with Crippen molar-refractivity contribution in [2.24, 2.45) is 11.8 Å². The van der Waals surface area contributed by atoms with E-state index in [2.05, 4.69) is 21.3 Å². The minimum absolute atomic E-state index is 0.0874. The molecule has 1 aromatic heterocycles. The number of carbonyl (C=O) groups is 1. The number of aromatic nitrogens is 1. The Morgan fingerprint density at radius 3 is 2.75 bits per heavy atom. The molecular formula is C30H37ClFN3O. The summed E-state index contributed by atoms with van der Waals surface area (Å²) in [5.74, 6) is 0.802. The van der Waals surface area contributed by atoms with Gasteiger partial charge in [-0.15, -0.1) is 0 Å². The number of piperidine rings is 1. The van der Waals surface area contributed by atoms with Crippen molar-refractivity contribution < 1.29 is 9.18 Å². The van der Waals surface area contributed by atoms with E-state index in [1.807, 2.05) is 18.2 Å². The van der Waals surface area contributed by atoms with E-state index in [0.717, 1.165) is 56.5 Å². The second-order valence-electron chi connectivity index (χ2n) is 11.6. The Labute approximate surface area is 219 Å². The van der Waals surface area contributed by atoms with Crippen molar-refractivity contribution in [3.63, 3.8) is 0 Å². The Balaban J connectivity index is 1.31. The van der Waals surface area contributed by atoms with E-state index in [-0.39, 0.29) is 29.1 Å². The highest BCUT2D eigenvalue weighted by molar-refractivity contribution is 6.29. The number of benzene rings is 1. The van der Waals surface area contributed by atoms with Crippen LogP contribution in [0, 0.1) is 17.7 Å². The summed E-state index contributed by atoms with van der Waals surface area (Å²) in [5, 5.41) is 4.12. The molecule has 4 unspecified atom stereocenters. The number of nitrogens with zero attached hydrogens (tertiary/aromatic N) is 2. The topological polar surface area (TPSA) is 45.2 Å². The molecule has 1 N–H and O–H groups in total. The standard InChI is InChI=1S/C30H37ClFN3O/c31-28-13-12-23-26(34-28)11-6-15-30(23)19-33-18-24(30)29(36)35-16-14-21(22-9-4-5-10-25(22)32)17-27(35)20-7-2-1-3-8-20/h4-5,9-10,12-13,20-21,24,27,33H,1-3,6-8,11,14-19H2. The lowest BCUT2D eigenvalue weighted by Gasteiger charge is -2.48. The van der Waals surface area contributed by atoms with Gasteiger partial charge in [-0.25, -0.2) is 9.37 Å². The fraction of sp³-hybridized carbons (Fsp3) is 0.600. The number of amides is 1. The molecule has 4 nitrogen and oxygen atoms in total. The molecule has 1 spiro atoms. The fourth-order valence-corrected chi connectivity index (χ4v) is 8.14. The van der Waals surface area contributed by atoms with Crippen molar-refractivity contribution in [3.05, 3.63) is 64.2 Å². The molecule has 6 heteroatoms. The third kappa shape index (κ3) is 4.26. The van der Waals surface area contributed by atoms with Crippen LogP contribution in [0.15, 0.2) is 36.4 Å². The van der Waals surface area contributed by atoms with Crippen LogP contribution in [-0.4, -0.2) is 41.5 Å². The summed E-state index contributed by atoms with van der Waals surface area (Å²) >= 11 is 6.24. The third-order valence-electron chi connectivity index (χ3n) is 9.73. The largest absolute Gasteiger partial charge is 0.339 e. The first-order valence-corrected chi connectivity index (χ1v) is 14.4. The highest BCUT2D eigenvalue weighted by atomic mass is 35.5. The predicted octanol–water partition coefficient (Wildman–Crippen LogP) is 6.02. The highest BCUT2D eigenvalue weighted by Gasteiger charge is 2.52. The van der Waals surface area contributed by atoms with Gasteiger partial charge in [0, 0.05) is 36.8 Å². The second kappa shape index (κ2) is 10.1. The zero-order valence-electron chi connectivity index (χ0n) is 21.0. The van der Waals surface area contributed by atoms with E-state index < -0.39 is 0 Å². The van der Waals surface area contributed by atoms with Crippen LogP contribution in [0.25, 0.3) is 0 Å². The average Bonchev–Trinajstić information content (AvgIpc) is 3.32. The summed E-state index contributed by atoms with van der Waals surface area (Å²) in [4.78, 5) is 21.4. The number of pyridine rings is 1. The number of fused-ring (bicyclic) bond motifs is 2. The molecule has 1 saturated carbocycles. The summed E-state index contributed by atoms with van der Waals surface area (Å²) in [6.07, 6.45) is 10.8. The van der Waals surface area contributed by atoms with Gasteiger partial charge in [-0.1, -0.05) is 55.1 Å². The predicted molar refractivity (Wildman–Crippen MR) is 141 cm³/mol. The van der Waals surface area contributed by atoms with Crippen LogP contribution in [0.1, 0.15) is 80.5 Å². The molecule has 2 aliphatic carbocycles. The molecule has 2 aromatic rings. The second-order valence-corrected chi connectivity index (χ2v) is 11.9. The molecule has 0 radical (unpaired) electrons. The van der Waals surface area contributed by atoms with Gasteiger partial charge in [-0.3, -0.25) is 4.79 Å². The molecule has 3 heterocycles. The quantitative estimate of drug-likeness (QED) is 0.514. The molecule has 36 heavy (non-hydrogen) atoms. The van der Waals surface area contributed by atoms with E-state index in [0.29, 0.717) is 23.5 Å². The van der Waals surface area contributed by atoms with Gasteiger partial charge >= 0.3 is 0 Å². The summed E-state index contributed by atoms with van der Waals surface area (Å²) in [7, 11) is 0. The van der Waals surface area contributed by atoms with Gasteiger partial charge in [0.15, 0.2) is 0 Å². The van der Waals surface area contributed by atoms with Crippen LogP contribution in [0.4, 0.5) is 4.39 Å². The van der Waals surface area contributed by atoms with Crippen LogP contribution in [-0.2, 0) is 16.6 Å². The van der Waals surface area contributed by atoms with E-state index >= 15 is 0 Å². The van der Waals surface area contributed by atoms with Crippen molar-refractivity contribution >= 4 is 17.5 Å². The zero-order valence-corrected chi connectivity index (χ0v) is 21.8. The lowest BCUT2D eigenvalue weighted by molar-refractivity contribution is -0.143. The Kier molecular flexibility index (Phi) is 6.81. The number of rotatable bonds is 3. The van der Waals surface area contributed by atoms with Gasteiger partial charge in [0.05, 0.1) is 5.92 Å². The lowest BCUT2D eigenvalue weighted by Crippen LogP contribution is -2.55.